The SMILES string of the molecule is CC(NC1CCSCC1)c1ccc(-n2ccnc2)cc1. The molecule has 1 atom stereocenters. The summed E-state index contributed by atoms with van der Waals surface area (Å²) in [6, 6.07) is 9.84. The van der Waals surface area contributed by atoms with Gasteiger partial charge in [0.1, 0.15) is 0 Å². The van der Waals surface area contributed by atoms with Crippen LogP contribution < -0.4 is 5.32 Å². The number of aromatic nitrogens is 2. The Labute approximate surface area is 124 Å². The molecule has 106 valence electrons. The Morgan fingerprint density at radius 3 is 2.65 bits per heavy atom. The van der Waals surface area contributed by atoms with Crippen LogP contribution >= 0.6 is 11.8 Å². The zero-order valence-corrected chi connectivity index (χ0v) is 12.6. The van der Waals surface area contributed by atoms with Crippen LogP contribution in [0.1, 0.15) is 31.4 Å². The zero-order valence-electron chi connectivity index (χ0n) is 11.8. The molecule has 2 heterocycles. The minimum absolute atomic E-state index is 0.417. The van der Waals surface area contributed by atoms with Gasteiger partial charge >= 0.3 is 0 Å². The standard InChI is InChI=1S/C16H21N3S/c1-13(18-15-6-10-20-11-7-15)14-2-4-16(5-3-14)19-9-8-17-12-19/h2-5,8-9,12-13,15,18H,6-7,10-11H2,1H3. The van der Waals surface area contributed by atoms with Crippen LogP contribution in [0.2, 0.25) is 0 Å². The minimum Gasteiger partial charge on any atom is -0.307 e. The van der Waals surface area contributed by atoms with Crippen molar-refractivity contribution in [2.24, 2.45) is 0 Å². The predicted octanol–water partition coefficient (Wildman–Crippen LogP) is 3.42. The van der Waals surface area contributed by atoms with Gasteiger partial charge in [-0.2, -0.15) is 11.8 Å². The third kappa shape index (κ3) is 3.25. The molecule has 1 aliphatic rings. The Morgan fingerprint density at radius 1 is 1.25 bits per heavy atom. The van der Waals surface area contributed by atoms with Crippen molar-refractivity contribution in [1.82, 2.24) is 14.9 Å². The van der Waals surface area contributed by atoms with Crippen LogP contribution in [-0.4, -0.2) is 27.1 Å². The third-order valence-electron chi connectivity index (χ3n) is 3.90. The van der Waals surface area contributed by atoms with Crippen LogP contribution in [0, 0.1) is 0 Å². The molecular formula is C16H21N3S. The number of hydrogen-bond acceptors (Lipinski definition) is 3. The highest BCUT2D eigenvalue weighted by molar-refractivity contribution is 7.99. The van der Waals surface area contributed by atoms with E-state index in [9.17, 15) is 0 Å². The van der Waals surface area contributed by atoms with Gasteiger partial charge in [-0.3, -0.25) is 0 Å². The van der Waals surface area contributed by atoms with E-state index in [1.807, 2.05) is 17.1 Å². The normalized spacial score (nSPS) is 18.1. The Bertz CT molecular complexity index is 515. The summed E-state index contributed by atoms with van der Waals surface area (Å²) in [4.78, 5) is 4.08. The zero-order chi connectivity index (χ0) is 13.8. The van der Waals surface area contributed by atoms with Crippen molar-refractivity contribution in [3.05, 3.63) is 48.5 Å². The number of imidazole rings is 1. The largest absolute Gasteiger partial charge is 0.307 e. The number of benzene rings is 1. The van der Waals surface area contributed by atoms with E-state index in [2.05, 4.69) is 53.3 Å². The van der Waals surface area contributed by atoms with Gasteiger partial charge in [-0.05, 0) is 49.0 Å². The van der Waals surface area contributed by atoms with E-state index in [0.717, 1.165) is 5.69 Å². The number of nitrogens with zero attached hydrogens (tertiary/aromatic N) is 2. The van der Waals surface area contributed by atoms with Gasteiger partial charge in [0.2, 0.25) is 0 Å². The molecular weight excluding hydrogens is 266 g/mol. The first kappa shape index (κ1) is 13.7. The van der Waals surface area contributed by atoms with E-state index >= 15 is 0 Å². The van der Waals surface area contributed by atoms with Crippen LogP contribution in [0.5, 0.6) is 0 Å². The van der Waals surface area contributed by atoms with Crippen molar-refractivity contribution in [2.75, 3.05) is 11.5 Å². The molecule has 3 nitrogen and oxygen atoms in total. The van der Waals surface area contributed by atoms with Crippen LogP contribution in [-0.2, 0) is 0 Å². The number of hydrogen-bond donors (Lipinski definition) is 1. The average Bonchev–Trinajstić information content (AvgIpc) is 3.03. The molecule has 0 amide bonds. The second kappa shape index (κ2) is 6.46. The van der Waals surface area contributed by atoms with Crippen molar-refractivity contribution >= 4 is 11.8 Å². The molecule has 4 heteroatoms. The molecule has 1 aromatic heterocycles. The van der Waals surface area contributed by atoms with E-state index in [0.29, 0.717) is 12.1 Å². The van der Waals surface area contributed by atoms with Gasteiger partial charge in [0.05, 0.1) is 6.33 Å². The van der Waals surface area contributed by atoms with E-state index in [4.69, 9.17) is 0 Å². The number of nitrogens with one attached hydrogen (secondary N) is 1. The lowest BCUT2D eigenvalue weighted by atomic mass is 10.0. The smallest absolute Gasteiger partial charge is 0.0991 e. The van der Waals surface area contributed by atoms with Gasteiger partial charge in [0.15, 0.2) is 0 Å². The van der Waals surface area contributed by atoms with Gasteiger partial charge in [-0.15, -0.1) is 0 Å². The maximum atomic E-state index is 4.08. The minimum atomic E-state index is 0.417. The second-order valence-electron chi connectivity index (χ2n) is 5.34. The van der Waals surface area contributed by atoms with Crippen LogP contribution in [0.25, 0.3) is 5.69 Å². The van der Waals surface area contributed by atoms with E-state index in [1.54, 1.807) is 6.20 Å². The van der Waals surface area contributed by atoms with Crippen LogP contribution in [0.15, 0.2) is 43.0 Å². The summed E-state index contributed by atoms with van der Waals surface area (Å²) in [5, 5.41) is 3.76. The Kier molecular flexibility index (Phi) is 4.43. The average molecular weight is 287 g/mol. The van der Waals surface area contributed by atoms with Crippen molar-refractivity contribution in [1.29, 1.82) is 0 Å². The van der Waals surface area contributed by atoms with Gasteiger partial charge in [0, 0.05) is 30.2 Å². The summed E-state index contributed by atoms with van der Waals surface area (Å²) < 4.78 is 2.03. The van der Waals surface area contributed by atoms with Crippen LogP contribution in [0.3, 0.4) is 0 Å². The predicted molar refractivity (Wildman–Crippen MR) is 85.5 cm³/mol. The van der Waals surface area contributed by atoms with Gasteiger partial charge < -0.3 is 9.88 Å². The summed E-state index contributed by atoms with van der Waals surface area (Å²) in [6.07, 6.45) is 8.19. The maximum Gasteiger partial charge on any atom is 0.0991 e. The Balaban J connectivity index is 1.64. The molecule has 1 aromatic carbocycles. The van der Waals surface area contributed by atoms with Gasteiger partial charge in [-0.25, -0.2) is 4.98 Å². The molecule has 20 heavy (non-hydrogen) atoms. The molecule has 3 rings (SSSR count). The lowest BCUT2D eigenvalue weighted by Crippen LogP contribution is -2.34. The molecule has 0 saturated carbocycles. The molecule has 1 N–H and O–H groups in total. The summed E-state index contributed by atoms with van der Waals surface area (Å²) in [6.45, 7) is 2.26. The first-order chi connectivity index (χ1) is 9.83. The molecule has 1 fully saturated rings. The summed E-state index contributed by atoms with van der Waals surface area (Å²) in [7, 11) is 0. The highest BCUT2D eigenvalue weighted by Crippen LogP contribution is 2.21. The molecule has 1 saturated heterocycles. The topological polar surface area (TPSA) is 29.9 Å². The molecule has 0 radical (unpaired) electrons. The second-order valence-corrected chi connectivity index (χ2v) is 6.56. The van der Waals surface area contributed by atoms with Crippen molar-refractivity contribution in [2.45, 2.75) is 31.8 Å². The number of thioether (sulfide) groups is 1. The number of rotatable bonds is 4. The van der Waals surface area contributed by atoms with E-state index in [1.165, 1.54) is 29.9 Å². The molecule has 1 aliphatic heterocycles. The quantitative estimate of drug-likeness (QED) is 0.934. The molecule has 0 aliphatic carbocycles. The maximum absolute atomic E-state index is 4.08. The van der Waals surface area contributed by atoms with Crippen molar-refractivity contribution in [3.63, 3.8) is 0 Å². The Hall–Kier alpha value is -1.26. The fraction of sp³-hybridized carbons (Fsp3) is 0.438. The van der Waals surface area contributed by atoms with Crippen LogP contribution in [0.4, 0.5) is 0 Å². The van der Waals surface area contributed by atoms with Crippen molar-refractivity contribution in [3.8, 4) is 5.69 Å². The summed E-state index contributed by atoms with van der Waals surface area (Å²) >= 11 is 2.07. The third-order valence-corrected chi connectivity index (χ3v) is 4.95. The highest BCUT2D eigenvalue weighted by atomic mass is 32.2. The fourth-order valence-corrected chi connectivity index (χ4v) is 3.77. The fourth-order valence-electron chi connectivity index (χ4n) is 2.66. The Morgan fingerprint density at radius 2 is 2.00 bits per heavy atom. The molecule has 1 unspecified atom stereocenters. The van der Waals surface area contributed by atoms with Crippen molar-refractivity contribution < 1.29 is 0 Å². The first-order valence-electron chi connectivity index (χ1n) is 7.25. The lowest BCUT2D eigenvalue weighted by molar-refractivity contribution is 0.431. The van der Waals surface area contributed by atoms with Gasteiger partial charge in [-0.1, -0.05) is 12.1 Å². The highest BCUT2D eigenvalue weighted by Gasteiger charge is 2.16. The molecule has 0 spiro atoms. The lowest BCUT2D eigenvalue weighted by Gasteiger charge is -2.26. The monoisotopic (exact) mass is 287 g/mol. The molecule has 2 aromatic rings. The molecule has 0 bridgehead atoms. The summed E-state index contributed by atoms with van der Waals surface area (Å²) in [5.41, 5.74) is 2.51. The van der Waals surface area contributed by atoms with Gasteiger partial charge in [0.25, 0.3) is 0 Å². The first-order valence-corrected chi connectivity index (χ1v) is 8.40. The summed E-state index contributed by atoms with van der Waals surface area (Å²) in [5.74, 6) is 2.59. The van der Waals surface area contributed by atoms with E-state index < -0.39 is 0 Å². The van der Waals surface area contributed by atoms with E-state index in [-0.39, 0.29) is 0 Å².